The molecule has 0 aliphatic carbocycles. The van der Waals surface area contributed by atoms with Crippen LogP contribution in [0.1, 0.15) is 10.5 Å². The maximum Gasteiger partial charge on any atom is 0.166 e. The summed E-state index contributed by atoms with van der Waals surface area (Å²) in [5, 5.41) is 1.88. The fraction of sp³-hybridized carbons (Fsp3) is 0.0833. The van der Waals surface area contributed by atoms with Crippen LogP contribution in [0.15, 0.2) is 24.3 Å². The summed E-state index contributed by atoms with van der Waals surface area (Å²) in [5.41, 5.74) is 1.78. The summed E-state index contributed by atoms with van der Waals surface area (Å²) in [6.07, 6.45) is 0.878. The Hall–Kier alpha value is -1.32. The van der Waals surface area contributed by atoms with Crippen LogP contribution in [0.3, 0.4) is 0 Å². The Kier molecular flexibility index (Phi) is 2.06. The molecule has 0 bridgehead atoms. The number of halogens is 1. The van der Waals surface area contributed by atoms with E-state index >= 15 is 0 Å². The normalized spacial score (nSPS) is 11.4. The van der Waals surface area contributed by atoms with Crippen LogP contribution in [0.25, 0.3) is 20.3 Å². The lowest BCUT2D eigenvalue weighted by Gasteiger charge is -1.98. The zero-order chi connectivity index (χ0) is 11.3. The van der Waals surface area contributed by atoms with Crippen molar-refractivity contribution in [2.75, 3.05) is 0 Å². The van der Waals surface area contributed by atoms with Crippen LogP contribution in [0.5, 0.6) is 0 Å². The lowest BCUT2D eigenvalue weighted by atomic mass is 10.2. The molecule has 16 heavy (non-hydrogen) atoms. The third-order valence-electron chi connectivity index (χ3n) is 2.79. The Labute approximate surface area is 101 Å². The van der Waals surface area contributed by atoms with Crippen LogP contribution >= 0.6 is 22.9 Å². The predicted octanol–water partition coefficient (Wildman–Crippen LogP) is 3.86. The van der Waals surface area contributed by atoms with E-state index in [-0.39, 0.29) is 0 Å². The van der Waals surface area contributed by atoms with Gasteiger partial charge in [0.25, 0.3) is 0 Å². The average Bonchev–Trinajstić information content (AvgIpc) is 2.77. The third-order valence-corrected chi connectivity index (χ3v) is 4.39. The summed E-state index contributed by atoms with van der Waals surface area (Å²) in [5.74, 6) is 0. The number of benzene rings is 1. The van der Waals surface area contributed by atoms with Gasteiger partial charge < -0.3 is 4.57 Å². The van der Waals surface area contributed by atoms with E-state index in [1.807, 2.05) is 35.9 Å². The number of carbonyl (C=O) groups excluding carboxylic acids is 1. The quantitative estimate of drug-likeness (QED) is 0.601. The van der Waals surface area contributed by atoms with Crippen molar-refractivity contribution in [3.8, 4) is 0 Å². The Morgan fingerprint density at radius 2 is 2.25 bits per heavy atom. The molecule has 80 valence electrons. The number of thiophene rings is 1. The molecule has 0 radical (unpaired) electrons. The van der Waals surface area contributed by atoms with Gasteiger partial charge in [0.2, 0.25) is 0 Å². The molecule has 2 nitrogen and oxygen atoms in total. The number of rotatable bonds is 1. The summed E-state index contributed by atoms with van der Waals surface area (Å²) < 4.78 is 4.10. The van der Waals surface area contributed by atoms with Gasteiger partial charge >= 0.3 is 0 Å². The van der Waals surface area contributed by atoms with E-state index in [4.69, 9.17) is 11.6 Å². The topological polar surface area (TPSA) is 22.0 Å². The standard InChI is InChI=1S/C12H8ClNOS/c1-14-7(6-15)5-10-11(14)8-3-2-4-9(13)12(8)16-10/h2-6H,1H3. The molecule has 0 unspecified atom stereocenters. The summed E-state index contributed by atoms with van der Waals surface area (Å²) in [6.45, 7) is 0. The van der Waals surface area contributed by atoms with Crippen molar-refractivity contribution in [2.24, 2.45) is 7.05 Å². The fourth-order valence-electron chi connectivity index (χ4n) is 2.01. The highest BCUT2D eigenvalue weighted by Gasteiger charge is 2.13. The highest BCUT2D eigenvalue weighted by atomic mass is 35.5. The van der Waals surface area contributed by atoms with Crippen molar-refractivity contribution in [2.45, 2.75) is 0 Å². The molecule has 4 heteroatoms. The van der Waals surface area contributed by atoms with Crippen LogP contribution in [0, 0.1) is 0 Å². The molecule has 3 aromatic rings. The summed E-state index contributed by atoms with van der Waals surface area (Å²) in [7, 11) is 1.90. The Morgan fingerprint density at radius 3 is 3.00 bits per heavy atom. The molecule has 0 spiro atoms. The minimum Gasteiger partial charge on any atom is -0.340 e. The maximum atomic E-state index is 10.9. The molecule has 0 aliphatic heterocycles. The Balaban J connectivity index is 2.56. The van der Waals surface area contributed by atoms with Gasteiger partial charge in [0.1, 0.15) is 0 Å². The van der Waals surface area contributed by atoms with Gasteiger partial charge in [-0.3, -0.25) is 4.79 Å². The van der Waals surface area contributed by atoms with Gasteiger partial charge in [-0.15, -0.1) is 11.3 Å². The lowest BCUT2D eigenvalue weighted by molar-refractivity contribution is 0.111. The van der Waals surface area contributed by atoms with E-state index in [1.165, 1.54) is 0 Å². The molecule has 0 N–H and O–H groups in total. The van der Waals surface area contributed by atoms with E-state index in [9.17, 15) is 4.79 Å². The van der Waals surface area contributed by atoms with Crippen molar-refractivity contribution in [3.63, 3.8) is 0 Å². The summed E-state index contributed by atoms with van der Waals surface area (Å²) in [6, 6.07) is 7.77. The molecular formula is C12H8ClNOS. The zero-order valence-corrected chi connectivity index (χ0v) is 10.1. The summed E-state index contributed by atoms with van der Waals surface area (Å²) >= 11 is 7.77. The van der Waals surface area contributed by atoms with Crippen LogP contribution in [0.4, 0.5) is 0 Å². The summed E-state index contributed by atoms with van der Waals surface area (Å²) in [4.78, 5) is 10.9. The smallest absolute Gasteiger partial charge is 0.166 e. The Morgan fingerprint density at radius 1 is 1.44 bits per heavy atom. The van der Waals surface area contributed by atoms with Crippen LogP contribution in [-0.2, 0) is 7.05 Å². The Bertz CT molecular complexity index is 711. The number of nitrogens with zero attached hydrogens (tertiary/aromatic N) is 1. The number of hydrogen-bond acceptors (Lipinski definition) is 2. The second-order valence-electron chi connectivity index (χ2n) is 3.68. The van der Waals surface area contributed by atoms with E-state index in [0.29, 0.717) is 5.69 Å². The van der Waals surface area contributed by atoms with Crippen molar-refractivity contribution in [1.29, 1.82) is 0 Å². The molecule has 0 saturated heterocycles. The molecule has 0 amide bonds. The highest BCUT2D eigenvalue weighted by molar-refractivity contribution is 7.26. The molecule has 1 aromatic carbocycles. The number of fused-ring (bicyclic) bond motifs is 3. The van der Waals surface area contributed by atoms with E-state index in [1.54, 1.807) is 11.3 Å². The number of aryl methyl sites for hydroxylation is 1. The number of carbonyl (C=O) groups is 1. The van der Waals surface area contributed by atoms with Gasteiger partial charge in [0.15, 0.2) is 6.29 Å². The molecule has 2 heterocycles. The third kappa shape index (κ3) is 1.16. The van der Waals surface area contributed by atoms with Crippen LogP contribution in [-0.4, -0.2) is 10.9 Å². The van der Waals surface area contributed by atoms with Crippen LogP contribution < -0.4 is 0 Å². The SMILES string of the molecule is Cn1c(C=O)cc2sc3c(Cl)cccc3c21. The van der Waals surface area contributed by atoms with Crippen molar-refractivity contribution < 1.29 is 4.79 Å². The van der Waals surface area contributed by atoms with Crippen molar-refractivity contribution in [3.05, 3.63) is 35.0 Å². The minimum absolute atomic E-state index is 0.697. The van der Waals surface area contributed by atoms with Gasteiger partial charge in [-0.05, 0) is 12.1 Å². The molecule has 0 atom stereocenters. The van der Waals surface area contributed by atoms with Gasteiger partial charge in [0, 0.05) is 12.4 Å². The molecule has 2 aromatic heterocycles. The fourth-order valence-corrected chi connectivity index (χ4v) is 3.48. The molecular weight excluding hydrogens is 242 g/mol. The van der Waals surface area contributed by atoms with Gasteiger partial charge in [-0.1, -0.05) is 23.7 Å². The van der Waals surface area contributed by atoms with Gasteiger partial charge in [0.05, 0.1) is 25.6 Å². The number of aromatic nitrogens is 1. The number of hydrogen-bond donors (Lipinski definition) is 0. The first-order valence-electron chi connectivity index (χ1n) is 4.84. The zero-order valence-electron chi connectivity index (χ0n) is 8.53. The molecule has 0 aliphatic rings. The largest absolute Gasteiger partial charge is 0.340 e. The molecule has 0 saturated carbocycles. The highest BCUT2D eigenvalue weighted by Crippen LogP contribution is 2.38. The maximum absolute atomic E-state index is 10.9. The van der Waals surface area contributed by atoms with Gasteiger partial charge in [-0.25, -0.2) is 0 Å². The first kappa shape index (κ1) is 9.87. The van der Waals surface area contributed by atoms with E-state index in [2.05, 4.69) is 0 Å². The second kappa shape index (κ2) is 3.34. The van der Waals surface area contributed by atoms with Crippen molar-refractivity contribution in [1.82, 2.24) is 4.57 Å². The average molecular weight is 250 g/mol. The second-order valence-corrected chi connectivity index (χ2v) is 5.14. The van der Waals surface area contributed by atoms with Crippen molar-refractivity contribution >= 4 is 49.5 Å². The number of aldehydes is 1. The predicted molar refractivity (Wildman–Crippen MR) is 68.7 cm³/mol. The van der Waals surface area contributed by atoms with Gasteiger partial charge in [-0.2, -0.15) is 0 Å². The minimum atomic E-state index is 0.697. The van der Waals surface area contributed by atoms with E-state index in [0.717, 1.165) is 31.6 Å². The lowest BCUT2D eigenvalue weighted by Crippen LogP contribution is -1.93. The monoisotopic (exact) mass is 249 g/mol. The molecule has 3 rings (SSSR count). The molecule has 0 fully saturated rings. The first-order chi connectivity index (χ1) is 7.72. The van der Waals surface area contributed by atoms with E-state index < -0.39 is 0 Å². The van der Waals surface area contributed by atoms with Crippen LogP contribution in [0.2, 0.25) is 5.02 Å². The first-order valence-corrected chi connectivity index (χ1v) is 6.03.